The molecule has 0 aliphatic carbocycles. The molecule has 55 heavy (non-hydrogen) atoms. The van der Waals surface area contributed by atoms with E-state index in [0.717, 1.165) is 32.9 Å². The molecule has 8 rings (SSSR count). The third kappa shape index (κ3) is 8.28. The Hall–Kier alpha value is -6.30. The molecule has 0 atom stereocenters. The van der Waals surface area contributed by atoms with Crippen molar-refractivity contribution in [3.8, 4) is 12.1 Å². The quantitative estimate of drug-likeness (QED) is 0.183. The van der Waals surface area contributed by atoms with Crippen molar-refractivity contribution in [1.82, 2.24) is 29.1 Å². The van der Waals surface area contributed by atoms with Gasteiger partial charge in [-0.3, -0.25) is 9.97 Å². The van der Waals surface area contributed by atoms with Gasteiger partial charge in [-0.15, -0.1) is 0 Å². The van der Waals surface area contributed by atoms with Crippen molar-refractivity contribution in [2.24, 2.45) is 0 Å². The van der Waals surface area contributed by atoms with E-state index in [1.165, 1.54) is 19.5 Å². The van der Waals surface area contributed by atoms with Gasteiger partial charge in [0.15, 0.2) is 0 Å². The summed E-state index contributed by atoms with van der Waals surface area (Å²) >= 11 is 12.0. The van der Waals surface area contributed by atoms with E-state index in [0.29, 0.717) is 61.9 Å². The molecule has 0 unspecified atom stereocenters. The van der Waals surface area contributed by atoms with Crippen molar-refractivity contribution in [3.63, 3.8) is 0 Å². The number of carbonyl (C=O) groups excluding carboxylic acids is 1. The smallest absolute Gasteiger partial charge is 0.870 e. The van der Waals surface area contributed by atoms with Crippen molar-refractivity contribution >= 4 is 79.0 Å². The van der Waals surface area contributed by atoms with E-state index in [1.807, 2.05) is 65.2 Å². The molecule has 2 N–H and O–H groups in total. The van der Waals surface area contributed by atoms with Crippen LogP contribution in [-0.2, 0) is 17.8 Å². The third-order valence-corrected chi connectivity index (χ3v) is 8.87. The monoisotopic (exact) mass is 762 g/mol. The zero-order valence-electron chi connectivity index (χ0n) is 29.1. The summed E-state index contributed by atoms with van der Waals surface area (Å²) in [6.07, 6.45) is 9.38. The SMILES string of the molecule is COC(=O)c1cn(Cc2ccc3ncc(Cl)cc3c2)c2ncc(C#N)cc12.N#Cc1cnc2c(c1)c(C(=O)O)cn2Cc1ccc2ncc(Cl)cc2c1.[Li+].[OH-]. The van der Waals surface area contributed by atoms with Gasteiger partial charge in [0.25, 0.3) is 0 Å². The predicted molar refractivity (Wildman–Crippen MR) is 201 cm³/mol. The number of methoxy groups -OCH3 is 1. The van der Waals surface area contributed by atoms with Crippen molar-refractivity contribution in [3.05, 3.63) is 141 Å². The zero-order valence-corrected chi connectivity index (χ0v) is 30.6. The molecule has 6 aromatic heterocycles. The molecule has 0 amide bonds. The zero-order chi connectivity index (χ0) is 37.2. The second kappa shape index (κ2) is 16.8. The normalized spacial score (nSPS) is 10.5. The number of carboxylic acids is 1. The number of carboxylic acid groups (broad SMARTS) is 1. The summed E-state index contributed by atoms with van der Waals surface area (Å²) in [6.45, 7) is 0.931. The Labute approximate surface area is 334 Å². The average molecular weight is 764 g/mol. The Morgan fingerprint density at radius 1 is 0.709 bits per heavy atom. The third-order valence-electron chi connectivity index (χ3n) is 8.45. The molecule has 2 aromatic carbocycles. The number of aromatic carboxylic acids is 1. The van der Waals surface area contributed by atoms with E-state index in [2.05, 4.69) is 19.9 Å². The number of nitrogens with zero attached hydrogens (tertiary/aromatic N) is 8. The summed E-state index contributed by atoms with van der Waals surface area (Å²) < 4.78 is 8.49. The molecule has 0 radical (unpaired) electrons. The van der Waals surface area contributed by atoms with Crippen molar-refractivity contribution < 1.29 is 43.8 Å². The average Bonchev–Trinajstić information content (AvgIpc) is 3.71. The van der Waals surface area contributed by atoms with E-state index in [1.54, 1.807) is 41.5 Å². The van der Waals surface area contributed by atoms with Crippen LogP contribution in [0.15, 0.2) is 97.8 Å². The van der Waals surface area contributed by atoms with Crippen molar-refractivity contribution in [2.45, 2.75) is 13.1 Å². The first kappa shape index (κ1) is 39.9. The molecule has 0 fully saturated rings. The molecule has 0 aliphatic rings. The van der Waals surface area contributed by atoms with Gasteiger partial charge in [-0.1, -0.05) is 35.3 Å². The number of ether oxygens (including phenoxy) is 1. The fourth-order valence-electron chi connectivity index (χ4n) is 6.05. The van der Waals surface area contributed by atoms with Crippen LogP contribution < -0.4 is 18.9 Å². The van der Waals surface area contributed by atoms with Crippen LogP contribution in [0.5, 0.6) is 0 Å². The summed E-state index contributed by atoms with van der Waals surface area (Å²) in [5.41, 5.74) is 5.99. The van der Waals surface area contributed by atoms with Crippen LogP contribution >= 0.6 is 23.2 Å². The van der Waals surface area contributed by atoms with Crippen LogP contribution in [0.1, 0.15) is 43.0 Å². The maximum Gasteiger partial charge on any atom is 1.00 e. The molecule has 0 saturated carbocycles. The Morgan fingerprint density at radius 2 is 1.16 bits per heavy atom. The minimum Gasteiger partial charge on any atom is -0.870 e. The number of halogens is 2. The Balaban J connectivity index is 0.000000204. The maximum atomic E-state index is 12.1. The number of aromatic nitrogens is 6. The van der Waals surface area contributed by atoms with Crippen molar-refractivity contribution in [1.29, 1.82) is 10.5 Å². The molecule has 0 saturated heterocycles. The summed E-state index contributed by atoms with van der Waals surface area (Å²) in [6, 6.07) is 22.6. The first-order chi connectivity index (χ1) is 25.6. The molecular weight excluding hydrogens is 738 g/mol. The first-order valence-electron chi connectivity index (χ1n) is 15.8. The number of nitriles is 2. The van der Waals surface area contributed by atoms with Gasteiger partial charge in [0.1, 0.15) is 23.4 Å². The molecule has 13 nitrogen and oxygen atoms in total. The van der Waals surface area contributed by atoms with Gasteiger partial charge in [0.2, 0.25) is 0 Å². The second-order valence-corrected chi connectivity index (χ2v) is 12.8. The molecule has 16 heteroatoms. The predicted octanol–water partition coefficient (Wildman–Crippen LogP) is 4.63. The van der Waals surface area contributed by atoms with E-state index in [4.69, 9.17) is 38.5 Å². The van der Waals surface area contributed by atoms with Crippen LogP contribution in [0.4, 0.5) is 0 Å². The largest absolute Gasteiger partial charge is 1.00 e. The number of pyridine rings is 4. The van der Waals surface area contributed by atoms with Gasteiger partial charge in [-0.05, 0) is 59.7 Å². The number of hydrogen-bond acceptors (Lipinski definition) is 10. The van der Waals surface area contributed by atoms with Crippen LogP contribution in [0.3, 0.4) is 0 Å². The van der Waals surface area contributed by atoms with E-state index in [9.17, 15) is 14.7 Å². The molecule has 0 spiro atoms. The topological polar surface area (TPSA) is 203 Å². The molecule has 0 bridgehead atoms. The van der Waals surface area contributed by atoms with Crippen LogP contribution in [0, 0.1) is 22.7 Å². The molecule has 0 aliphatic heterocycles. The molecule has 8 aromatic rings. The summed E-state index contributed by atoms with van der Waals surface area (Å²) in [5.74, 6) is -1.52. The molecule has 266 valence electrons. The molecule has 6 heterocycles. The van der Waals surface area contributed by atoms with Crippen LogP contribution in [-0.4, -0.2) is 58.7 Å². The summed E-state index contributed by atoms with van der Waals surface area (Å²) in [7, 11) is 1.33. The minimum absolute atomic E-state index is 0. The van der Waals surface area contributed by atoms with Gasteiger partial charge in [-0.25, -0.2) is 19.6 Å². The van der Waals surface area contributed by atoms with Crippen molar-refractivity contribution in [2.75, 3.05) is 7.11 Å². The number of benzene rings is 2. The van der Waals surface area contributed by atoms with Gasteiger partial charge in [0, 0.05) is 71.8 Å². The van der Waals surface area contributed by atoms with Gasteiger partial charge in [-0.2, -0.15) is 10.5 Å². The number of carbonyl (C=O) groups is 2. The Morgan fingerprint density at radius 3 is 1.60 bits per heavy atom. The summed E-state index contributed by atoms with van der Waals surface area (Å²) in [5, 5.41) is 31.6. The number of fused-ring (bicyclic) bond motifs is 4. The van der Waals surface area contributed by atoms with Crippen LogP contribution in [0.2, 0.25) is 10.0 Å². The summed E-state index contributed by atoms with van der Waals surface area (Å²) in [4.78, 5) is 40.9. The Kier molecular flexibility index (Phi) is 12.2. The maximum absolute atomic E-state index is 12.1. The second-order valence-electron chi connectivity index (χ2n) is 11.9. The number of hydrogen-bond donors (Lipinski definition) is 1. The Bertz CT molecular complexity index is 2860. The van der Waals surface area contributed by atoms with E-state index < -0.39 is 11.9 Å². The number of rotatable bonds is 6. The fraction of sp³-hybridized carbons (Fsp3) is 0.0769. The first-order valence-corrected chi connectivity index (χ1v) is 16.6. The van der Waals surface area contributed by atoms with E-state index >= 15 is 0 Å². The molecular formula is C39H25Cl2LiN8O5. The number of esters is 1. The standard InChI is InChI=1S/C20H13ClN4O2.C19H11ClN4O2.Li.H2O/c1-27-20(26)17-11-25(19-16(17)5-13(7-22)8-24-19)10-12-2-3-18-14(4-12)6-15(21)9-23-18;20-14-5-13-3-11(1-2-17(13)22-8-14)9-24-10-16(19(25)26)15-4-12(6-21)7-23-18(15)24;;/h2-6,8-9,11H,10H2,1H3;1-5,7-8,10H,9H2,(H,25,26);;1H2/q;;+1;/p-1. The van der Waals surface area contributed by atoms with E-state index in [-0.39, 0.29) is 29.9 Å². The van der Waals surface area contributed by atoms with Crippen LogP contribution in [0.25, 0.3) is 43.9 Å². The van der Waals surface area contributed by atoms with Gasteiger partial charge >= 0.3 is 30.8 Å². The van der Waals surface area contributed by atoms with Gasteiger partial charge in [0.05, 0.1) is 50.4 Å². The fourth-order valence-corrected chi connectivity index (χ4v) is 6.38. The van der Waals surface area contributed by atoms with Gasteiger partial charge < -0.3 is 24.5 Å². The minimum atomic E-state index is -1.06.